The highest BCUT2D eigenvalue weighted by atomic mass is 16.5. The van der Waals surface area contributed by atoms with Gasteiger partial charge in [-0.15, -0.1) is 0 Å². The predicted octanol–water partition coefficient (Wildman–Crippen LogP) is 2.02. The molecule has 0 saturated carbocycles. The maximum Gasteiger partial charge on any atom is 0.0600 e. The Morgan fingerprint density at radius 3 is 2.69 bits per heavy atom. The van der Waals surface area contributed by atoms with Crippen LogP contribution in [0.4, 0.5) is 0 Å². The van der Waals surface area contributed by atoms with Crippen molar-refractivity contribution in [3.05, 3.63) is 35.4 Å². The summed E-state index contributed by atoms with van der Waals surface area (Å²) in [7, 11) is 0. The summed E-state index contributed by atoms with van der Waals surface area (Å²) in [5.41, 5.74) is 3.14. The Morgan fingerprint density at radius 2 is 2.12 bits per heavy atom. The number of nitrogens with one attached hydrogen (secondary N) is 1. The van der Waals surface area contributed by atoms with Gasteiger partial charge in [-0.3, -0.25) is 0 Å². The maximum absolute atomic E-state index is 5.52. The summed E-state index contributed by atoms with van der Waals surface area (Å²) in [6.07, 6.45) is 2.59. The van der Waals surface area contributed by atoms with Gasteiger partial charge in [0.15, 0.2) is 0 Å². The lowest BCUT2D eigenvalue weighted by atomic mass is 9.70. The Morgan fingerprint density at radius 1 is 1.31 bits per heavy atom. The molecule has 1 unspecified atom stereocenters. The number of hydrogen-bond acceptors (Lipinski definition) is 2. The van der Waals surface area contributed by atoms with Gasteiger partial charge in [0.1, 0.15) is 0 Å². The third-order valence-corrected chi connectivity index (χ3v) is 4.13. The first kappa shape index (κ1) is 10.3. The number of benzene rings is 1. The first-order valence-electron chi connectivity index (χ1n) is 6.20. The lowest BCUT2D eigenvalue weighted by Gasteiger charge is -2.47. The molecule has 1 N–H and O–H groups in total. The van der Waals surface area contributed by atoms with Crippen LogP contribution in [-0.4, -0.2) is 25.8 Å². The standard InChI is InChI=1S/C14H19NO/c1-11-5-2-3-6-12(11)14(9-16-10-14)13-7-4-8-15-13/h2-3,5-6,13,15H,4,7-10H2,1H3. The van der Waals surface area contributed by atoms with Crippen LogP contribution >= 0.6 is 0 Å². The van der Waals surface area contributed by atoms with Gasteiger partial charge in [-0.05, 0) is 37.4 Å². The maximum atomic E-state index is 5.52. The molecule has 2 fully saturated rings. The van der Waals surface area contributed by atoms with Crippen LogP contribution in [0.15, 0.2) is 24.3 Å². The summed E-state index contributed by atoms with van der Waals surface area (Å²) < 4.78 is 5.52. The van der Waals surface area contributed by atoms with E-state index in [9.17, 15) is 0 Å². The normalized spacial score (nSPS) is 27.7. The molecule has 2 heteroatoms. The van der Waals surface area contributed by atoms with Gasteiger partial charge in [-0.25, -0.2) is 0 Å². The van der Waals surface area contributed by atoms with E-state index < -0.39 is 0 Å². The summed E-state index contributed by atoms with van der Waals surface area (Å²) in [4.78, 5) is 0. The van der Waals surface area contributed by atoms with Crippen molar-refractivity contribution in [3.8, 4) is 0 Å². The summed E-state index contributed by atoms with van der Waals surface area (Å²) in [6, 6.07) is 9.37. The largest absolute Gasteiger partial charge is 0.379 e. The Balaban J connectivity index is 1.98. The van der Waals surface area contributed by atoms with Crippen molar-refractivity contribution < 1.29 is 4.74 Å². The van der Waals surface area contributed by atoms with E-state index in [1.807, 2.05) is 0 Å². The SMILES string of the molecule is Cc1ccccc1C1(C2CCCN2)COC1. The van der Waals surface area contributed by atoms with Crippen LogP contribution in [0.1, 0.15) is 24.0 Å². The van der Waals surface area contributed by atoms with Gasteiger partial charge in [0.2, 0.25) is 0 Å². The fraction of sp³-hybridized carbons (Fsp3) is 0.571. The average Bonchev–Trinajstić information content (AvgIpc) is 2.73. The van der Waals surface area contributed by atoms with Crippen LogP contribution in [0.25, 0.3) is 0 Å². The van der Waals surface area contributed by atoms with Gasteiger partial charge >= 0.3 is 0 Å². The highest BCUT2D eigenvalue weighted by Crippen LogP contribution is 2.40. The minimum absolute atomic E-state index is 0.252. The van der Waals surface area contributed by atoms with Crippen LogP contribution in [-0.2, 0) is 10.2 Å². The molecule has 1 aromatic carbocycles. The molecule has 0 aliphatic carbocycles. The van der Waals surface area contributed by atoms with E-state index in [1.54, 1.807) is 0 Å². The lowest BCUT2D eigenvalue weighted by Crippen LogP contribution is -2.58. The van der Waals surface area contributed by atoms with Crippen molar-refractivity contribution in [1.82, 2.24) is 5.32 Å². The number of ether oxygens (including phenoxy) is 1. The van der Waals surface area contributed by atoms with Crippen molar-refractivity contribution >= 4 is 0 Å². The van der Waals surface area contributed by atoms with Crippen LogP contribution in [0, 0.1) is 6.92 Å². The fourth-order valence-electron chi connectivity index (χ4n) is 3.15. The number of hydrogen-bond donors (Lipinski definition) is 1. The average molecular weight is 217 g/mol. The molecule has 0 bridgehead atoms. The van der Waals surface area contributed by atoms with Crippen molar-refractivity contribution in [1.29, 1.82) is 0 Å². The Hall–Kier alpha value is -0.860. The molecular formula is C14H19NO. The topological polar surface area (TPSA) is 21.3 Å². The van der Waals surface area contributed by atoms with Gasteiger partial charge in [0.25, 0.3) is 0 Å². The third-order valence-electron chi connectivity index (χ3n) is 4.13. The molecule has 2 nitrogen and oxygen atoms in total. The van der Waals surface area contributed by atoms with E-state index in [2.05, 4.69) is 36.5 Å². The molecule has 2 saturated heterocycles. The molecular weight excluding hydrogens is 198 g/mol. The monoisotopic (exact) mass is 217 g/mol. The predicted molar refractivity (Wildman–Crippen MR) is 64.7 cm³/mol. The first-order valence-corrected chi connectivity index (χ1v) is 6.20. The van der Waals surface area contributed by atoms with Crippen molar-refractivity contribution in [2.45, 2.75) is 31.2 Å². The van der Waals surface area contributed by atoms with Crippen LogP contribution < -0.4 is 5.32 Å². The van der Waals surface area contributed by atoms with Gasteiger partial charge in [-0.2, -0.15) is 0 Å². The second-order valence-corrected chi connectivity index (χ2v) is 5.11. The summed E-state index contributed by atoms with van der Waals surface area (Å²) >= 11 is 0. The molecule has 86 valence electrons. The van der Waals surface area contributed by atoms with Crippen molar-refractivity contribution in [2.75, 3.05) is 19.8 Å². The van der Waals surface area contributed by atoms with Gasteiger partial charge in [0, 0.05) is 6.04 Å². The van der Waals surface area contributed by atoms with Gasteiger partial charge < -0.3 is 10.1 Å². The molecule has 2 aliphatic heterocycles. The van der Waals surface area contributed by atoms with Crippen molar-refractivity contribution in [2.24, 2.45) is 0 Å². The zero-order chi connectivity index (χ0) is 11.0. The second-order valence-electron chi connectivity index (χ2n) is 5.11. The number of rotatable bonds is 2. The molecule has 2 aliphatic rings. The van der Waals surface area contributed by atoms with E-state index in [-0.39, 0.29) is 5.41 Å². The summed E-state index contributed by atoms with van der Waals surface area (Å²) in [5.74, 6) is 0. The zero-order valence-electron chi connectivity index (χ0n) is 9.83. The quantitative estimate of drug-likeness (QED) is 0.818. The van der Waals surface area contributed by atoms with Gasteiger partial charge in [0.05, 0.1) is 18.6 Å². The highest BCUT2D eigenvalue weighted by Gasteiger charge is 2.48. The van der Waals surface area contributed by atoms with Crippen LogP contribution in [0.5, 0.6) is 0 Å². The zero-order valence-corrected chi connectivity index (χ0v) is 9.83. The first-order chi connectivity index (χ1) is 7.83. The smallest absolute Gasteiger partial charge is 0.0600 e. The molecule has 1 aromatic rings. The van der Waals surface area contributed by atoms with E-state index in [0.29, 0.717) is 6.04 Å². The molecule has 1 atom stereocenters. The fourth-order valence-corrected chi connectivity index (χ4v) is 3.15. The lowest BCUT2D eigenvalue weighted by molar-refractivity contribution is -0.0763. The summed E-state index contributed by atoms with van der Waals surface area (Å²) in [6.45, 7) is 5.15. The molecule has 2 heterocycles. The Kier molecular flexibility index (Phi) is 2.49. The van der Waals surface area contributed by atoms with E-state index in [0.717, 1.165) is 19.8 Å². The molecule has 0 spiro atoms. The minimum atomic E-state index is 0.252. The molecule has 16 heavy (non-hydrogen) atoms. The highest BCUT2D eigenvalue weighted by molar-refractivity contribution is 5.37. The minimum Gasteiger partial charge on any atom is -0.379 e. The van der Waals surface area contributed by atoms with Crippen LogP contribution in [0.2, 0.25) is 0 Å². The van der Waals surface area contributed by atoms with Crippen molar-refractivity contribution in [3.63, 3.8) is 0 Å². The molecule has 3 rings (SSSR count). The Labute approximate surface area is 97.0 Å². The Bertz CT molecular complexity index is 378. The molecule has 0 amide bonds. The van der Waals surface area contributed by atoms with E-state index in [4.69, 9.17) is 4.74 Å². The van der Waals surface area contributed by atoms with Crippen LogP contribution in [0.3, 0.4) is 0 Å². The van der Waals surface area contributed by atoms with E-state index >= 15 is 0 Å². The molecule has 0 aromatic heterocycles. The number of aryl methyl sites for hydroxylation is 1. The van der Waals surface area contributed by atoms with Gasteiger partial charge in [-0.1, -0.05) is 24.3 Å². The third kappa shape index (κ3) is 1.40. The summed E-state index contributed by atoms with van der Waals surface area (Å²) in [5, 5.41) is 3.65. The molecule has 0 radical (unpaired) electrons. The van der Waals surface area contributed by atoms with E-state index in [1.165, 1.54) is 24.0 Å². The second kappa shape index (κ2) is 3.86.